The Morgan fingerprint density at radius 2 is 1.73 bits per heavy atom. The van der Waals surface area contributed by atoms with Crippen molar-refractivity contribution in [3.8, 4) is 5.88 Å². The summed E-state index contributed by atoms with van der Waals surface area (Å²) in [6, 6.07) is 18.1. The molecule has 0 radical (unpaired) electrons. The van der Waals surface area contributed by atoms with Gasteiger partial charge in [-0.05, 0) is 62.0 Å². The zero-order valence-corrected chi connectivity index (χ0v) is 17.3. The van der Waals surface area contributed by atoms with Crippen molar-refractivity contribution in [1.82, 2.24) is 20.1 Å². The van der Waals surface area contributed by atoms with Crippen LogP contribution in [0.15, 0.2) is 60.8 Å². The third kappa shape index (κ3) is 6.26. The first kappa shape index (κ1) is 20.3. The van der Waals surface area contributed by atoms with Gasteiger partial charge in [0.15, 0.2) is 0 Å². The maximum Gasteiger partial charge on any atom is 0.233 e. The number of hydrogen-bond donors (Lipinski definition) is 1. The lowest BCUT2D eigenvalue weighted by atomic mass is 10.1. The van der Waals surface area contributed by atoms with Gasteiger partial charge in [0, 0.05) is 25.4 Å². The Hall–Kier alpha value is -2.99. The highest BCUT2D eigenvalue weighted by Gasteiger charge is 2.10. The second-order valence-electron chi connectivity index (χ2n) is 7.66. The second-order valence-corrected chi connectivity index (χ2v) is 7.66. The number of anilines is 1. The van der Waals surface area contributed by atoms with E-state index >= 15 is 0 Å². The average molecular weight is 404 g/mol. The van der Waals surface area contributed by atoms with Crippen molar-refractivity contribution in [2.24, 2.45) is 0 Å². The monoisotopic (exact) mass is 403 g/mol. The van der Waals surface area contributed by atoms with Crippen molar-refractivity contribution < 1.29 is 4.74 Å². The average Bonchev–Trinajstić information content (AvgIpc) is 3.32. The lowest BCUT2D eigenvalue weighted by Crippen LogP contribution is -2.26. The zero-order valence-electron chi connectivity index (χ0n) is 17.3. The molecule has 1 saturated heterocycles. The van der Waals surface area contributed by atoms with Gasteiger partial charge in [0.1, 0.15) is 12.4 Å². The maximum absolute atomic E-state index is 5.69. The first-order chi connectivity index (χ1) is 14.8. The summed E-state index contributed by atoms with van der Waals surface area (Å²) in [5, 5.41) is 11.9. The van der Waals surface area contributed by atoms with E-state index in [0.29, 0.717) is 12.5 Å². The molecule has 3 heterocycles. The van der Waals surface area contributed by atoms with E-state index in [1.54, 1.807) is 0 Å². The Labute approximate surface area is 178 Å². The van der Waals surface area contributed by atoms with Crippen LogP contribution in [0.25, 0.3) is 0 Å². The van der Waals surface area contributed by atoms with Crippen LogP contribution in [0, 0.1) is 0 Å². The molecule has 6 nitrogen and oxygen atoms in total. The van der Waals surface area contributed by atoms with Gasteiger partial charge in [-0.2, -0.15) is 5.10 Å². The van der Waals surface area contributed by atoms with Crippen LogP contribution in [-0.2, 0) is 19.4 Å². The van der Waals surface area contributed by atoms with Gasteiger partial charge < -0.3 is 15.0 Å². The molecule has 6 heteroatoms. The van der Waals surface area contributed by atoms with Crippen molar-refractivity contribution in [2.75, 3.05) is 31.5 Å². The van der Waals surface area contributed by atoms with Crippen LogP contribution >= 0.6 is 0 Å². The molecule has 1 N–H and O–H groups in total. The van der Waals surface area contributed by atoms with E-state index in [0.717, 1.165) is 43.0 Å². The highest BCUT2D eigenvalue weighted by Crippen LogP contribution is 2.12. The van der Waals surface area contributed by atoms with E-state index in [2.05, 4.69) is 37.5 Å². The van der Waals surface area contributed by atoms with E-state index < -0.39 is 0 Å². The van der Waals surface area contributed by atoms with Crippen LogP contribution in [0.2, 0.25) is 0 Å². The summed E-state index contributed by atoms with van der Waals surface area (Å²) < 4.78 is 5.69. The Morgan fingerprint density at radius 1 is 0.867 bits per heavy atom. The molecule has 4 rings (SSSR count). The third-order valence-electron chi connectivity index (χ3n) is 5.35. The minimum atomic E-state index is 0.499. The minimum absolute atomic E-state index is 0.499. The highest BCUT2D eigenvalue weighted by molar-refractivity contribution is 5.35. The summed E-state index contributed by atoms with van der Waals surface area (Å²) in [4.78, 5) is 7.04. The molecule has 156 valence electrons. The first-order valence-electron chi connectivity index (χ1n) is 10.8. The molecule has 0 amide bonds. The predicted octanol–water partition coefficient (Wildman–Crippen LogP) is 3.74. The molecular weight excluding hydrogens is 374 g/mol. The quantitative estimate of drug-likeness (QED) is 0.556. The Kier molecular flexibility index (Phi) is 7.23. The number of nitrogens with one attached hydrogen (secondary N) is 1. The summed E-state index contributed by atoms with van der Waals surface area (Å²) in [6.45, 7) is 5.00. The molecule has 1 fully saturated rings. The molecule has 3 aromatic rings. The van der Waals surface area contributed by atoms with Crippen LogP contribution < -0.4 is 10.1 Å². The van der Waals surface area contributed by atoms with E-state index in [4.69, 9.17) is 4.74 Å². The van der Waals surface area contributed by atoms with Crippen LogP contribution in [0.1, 0.15) is 29.7 Å². The van der Waals surface area contributed by atoms with Gasteiger partial charge in [0.05, 0.1) is 5.69 Å². The smallest absolute Gasteiger partial charge is 0.233 e. The third-order valence-corrected chi connectivity index (χ3v) is 5.35. The molecule has 1 aliphatic rings. The largest absolute Gasteiger partial charge is 0.472 e. The number of nitrogens with zero attached hydrogens (tertiary/aromatic N) is 4. The van der Waals surface area contributed by atoms with Crippen LogP contribution in [0.3, 0.4) is 0 Å². The standard InChI is InChI=1S/C24H29N5O/c1-2-6-21(7-3-1)19-30-24-13-11-22(27-28-24)10-8-20-9-12-23(26-18-20)25-14-17-29-15-4-5-16-29/h1-3,6-7,9,11-13,18H,4-5,8,10,14-17,19H2,(H,25,26). The molecule has 0 saturated carbocycles. The molecule has 0 bridgehead atoms. The number of ether oxygens (including phenoxy) is 1. The number of pyridine rings is 1. The van der Waals surface area contributed by atoms with Crippen LogP contribution in [0.4, 0.5) is 5.82 Å². The topological polar surface area (TPSA) is 63.2 Å². The summed E-state index contributed by atoms with van der Waals surface area (Å²) in [7, 11) is 0. The summed E-state index contributed by atoms with van der Waals surface area (Å²) in [5.41, 5.74) is 3.27. The molecule has 0 atom stereocenters. The van der Waals surface area contributed by atoms with Gasteiger partial charge in [0.25, 0.3) is 0 Å². The van der Waals surface area contributed by atoms with Crippen molar-refractivity contribution in [3.05, 3.63) is 77.6 Å². The van der Waals surface area contributed by atoms with E-state index in [9.17, 15) is 0 Å². The summed E-state index contributed by atoms with van der Waals surface area (Å²) in [6.07, 6.45) is 6.33. The lowest BCUT2D eigenvalue weighted by Gasteiger charge is -2.15. The molecule has 0 aliphatic carbocycles. The number of benzene rings is 1. The number of hydrogen-bond acceptors (Lipinski definition) is 6. The Balaban J connectivity index is 1.18. The van der Waals surface area contributed by atoms with Crippen LogP contribution in [-0.4, -0.2) is 46.3 Å². The molecule has 0 spiro atoms. The number of aryl methyl sites for hydroxylation is 2. The predicted molar refractivity (Wildman–Crippen MR) is 119 cm³/mol. The molecular formula is C24H29N5O. The first-order valence-corrected chi connectivity index (χ1v) is 10.8. The van der Waals surface area contributed by atoms with E-state index in [1.165, 1.54) is 31.5 Å². The van der Waals surface area contributed by atoms with Crippen molar-refractivity contribution in [3.63, 3.8) is 0 Å². The van der Waals surface area contributed by atoms with Crippen molar-refractivity contribution in [1.29, 1.82) is 0 Å². The van der Waals surface area contributed by atoms with Crippen molar-refractivity contribution >= 4 is 5.82 Å². The van der Waals surface area contributed by atoms with E-state index in [-0.39, 0.29) is 0 Å². The van der Waals surface area contributed by atoms with Gasteiger partial charge >= 0.3 is 0 Å². The second kappa shape index (κ2) is 10.7. The van der Waals surface area contributed by atoms with Gasteiger partial charge in [-0.1, -0.05) is 36.4 Å². The molecule has 1 aliphatic heterocycles. The fraction of sp³-hybridized carbons (Fsp3) is 0.375. The Morgan fingerprint density at radius 3 is 2.47 bits per heavy atom. The SMILES string of the molecule is c1ccc(COc2ccc(CCc3ccc(NCCN4CCCC4)nc3)nn2)cc1. The summed E-state index contributed by atoms with van der Waals surface area (Å²) >= 11 is 0. The van der Waals surface area contributed by atoms with Crippen molar-refractivity contribution in [2.45, 2.75) is 32.3 Å². The fourth-order valence-electron chi connectivity index (χ4n) is 3.59. The molecule has 1 aromatic carbocycles. The minimum Gasteiger partial charge on any atom is -0.472 e. The van der Waals surface area contributed by atoms with Crippen LogP contribution in [0.5, 0.6) is 5.88 Å². The van der Waals surface area contributed by atoms with Gasteiger partial charge in [0.2, 0.25) is 5.88 Å². The Bertz CT molecular complexity index is 878. The number of aromatic nitrogens is 3. The fourth-order valence-corrected chi connectivity index (χ4v) is 3.59. The maximum atomic E-state index is 5.69. The molecule has 0 unspecified atom stereocenters. The lowest BCUT2D eigenvalue weighted by molar-refractivity contribution is 0.290. The number of likely N-dealkylation sites (tertiary alicyclic amines) is 1. The van der Waals surface area contributed by atoms with E-state index in [1.807, 2.05) is 48.7 Å². The van der Waals surface area contributed by atoms with Gasteiger partial charge in [-0.15, -0.1) is 5.10 Å². The number of rotatable bonds is 10. The highest BCUT2D eigenvalue weighted by atomic mass is 16.5. The zero-order chi connectivity index (χ0) is 20.4. The molecule has 2 aromatic heterocycles. The molecule has 30 heavy (non-hydrogen) atoms. The van der Waals surface area contributed by atoms with Gasteiger partial charge in [-0.25, -0.2) is 4.98 Å². The van der Waals surface area contributed by atoms with Gasteiger partial charge in [-0.3, -0.25) is 0 Å². The normalized spacial score (nSPS) is 14.0. The summed E-state index contributed by atoms with van der Waals surface area (Å²) in [5.74, 6) is 1.49.